The second-order valence-electron chi connectivity index (χ2n) is 6.05. The number of anilines is 2. The molecule has 1 aromatic carbocycles. The molecule has 0 radical (unpaired) electrons. The van der Waals surface area contributed by atoms with Crippen LogP contribution in [-0.4, -0.2) is 30.4 Å². The maximum atomic E-state index is 11.6. The lowest BCUT2D eigenvalue weighted by Crippen LogP contribution is -2.16. The first-order valence-electron chi connectivity index (χ1n) is 8.79. The minimum Gasteiger partial charge on any atom is -0.448 e. The quantitative estimate of drug-likeness (QED) is 0.390. The number of rotatable bonds is 9. The van der Waals surface area contributed by atoms with Crippen molar-refractivity contribution < 1.29 is 14.4 Å². The van der Waals surface area contributed by atoms with Gasteiger partial charge in [-0.05, 0) is 37.0 Å². The van der Waals surface area contributed by atoms with E-state index in [1.54, 1.807) is 14.0 Å². The van der Waals surface area contributed by atoms with E-state index in [0.29, 0.717) is 12.2 Å². The zero-order chi connectivity index (χ0) is 20.0. The van der Waals surface area contributed by atoms with Crippen molar-refractivity contribution in [2.24, 2.45) is 0 Å². The van der Waals surface area contributed by atoms with E-state index in [0.717, 1.165) is 17.5 Å². The Morgan fingerprint density at radius 1 is 1.37 bits per heavy atom. The van der Waals surface area contributed by atoms with Crippen LogP contribution in [0.1, 0.15) is 30.5 Å². The maximum Gasteiger partial charge on any atom is 0.334 e. The van der Waals surface area contributed by atoms with Gasteiger partial charge >= 0.3 is 5.69 Å². The summed E-state index contributed by atoms with van der Waals surface area (Å²) >= 11 is 0. The van der Waals surface area contributed by atoms with Crippen LogP contribution in [0.25, 0.3) is 0 Å². The molecule has 8 heteroatoms. The van der Waals surface area contributed by atoms with Crippen LogP contribution in [0.4, 0.5) is 17.2 Å². The van der Waals surface area contributed by atoms with Crippen LogP contribution in [-0.2, 0) is 17.7 Å². The molecule has 27 heavy (non-hydrogen) atoms. The number of nitrogens with one attached hydrogen (secondary N) is 2. The summed E-state index contributed by atoms with van der Waals surface area (Å²) in [5, 5.41) is 17.6. The molecule has 1 aromatic heterocycles. The zero-order valence-corrected chi connectivity index (χ0v) is 16.3. The molecular formula is C19H26N4O4. The van der Waals surface area contributed by atoms with Crippen LogP contribution in [0.5, 0.6) is 5.88 Å². The predicted molar refractivity (Wildman–Crippen MR) is 105 cm³/mol. The summed E-state index contributed by atoms with van der Waals surface area (Å²) in [6.45, 7) is 6.30. The first-order valence-corrected chi connectivity index (χ1v) is 8.79. The summed E-state index contributed by atoms with van der Waals surface area (Å²) in [5.41, 5.74) is 3.68. The Bertz CT molecular complexity index is 811. The first kappa shape index (κ1) is 20.4. The molecule has 8 nitrogen and oxygen atoms in total. The average molecular weight is 374 g/mol. The molecular weight excluding hydrogens is 348 g/mol. The molecule has 1 atom stereocenters. The molecule has 0 saturated carbocycles. The Labute approximate surface area is 159 Å². The lowest BCUT2D eigenvalue weighted by Gasteiger charge is -2.17. The van der Waals surface area contributed by atoms with Crippen molar-refractivity contribution in [2.75, 3.05) is 24.8 Å². The molecule has 0 fully saturated rings. The van der Waals surface area contributed by atoms with E-state index in [1.165, 1.54) is 18.7 Å². The Kier molecular flexibility index (Phi) is 6.95. The standard InChI is InChI=1S/C19H26N4O4/c1-6-14-9-7-8-12(2)15(14)11-21-16-10-17(27-13(3)26-5)22-19(20-4)18(16)23(24)25/h7-10,13H,6,11H2,1-5H3,(H2,20,21,22). The molecule has 0 amide bonds. The molecule has 0 aliphatic carbocycles. The minimum absolute atomic E-state index is 0.124. The van der Waals surface area contributed by atoms with Gasteiger partial charge in [0.2, 0.25) is 11.7 Å². The fourth-order valence-electron chi connectivity index (χ4n) is 2.82. The number of hydrogen-bond donors (Lipinski definition) is 2. The van der Waals surface area contributed by atoms with Gasteiger partial charge in [0, 0.05) is 26.8 Å². The second kappa shape index (κ2) is 9.18. The highest BCUT2D eigenvalue weighted by Gasteiger charge is 2.24. The summed E-state index contributed by atoms with van der Waals surface area (Å²) < 4.78 is 10.6. The van der Waals surface area contributed by atoms with Crippen molar-refractivity contribution in [1.82, 2.24) is 4.98 Å². The van der Waals surface area contributed by atoms with Crippen LogP contribution in [0.2, 0.25) is 0 Å². The van der Waals surface area contributed by atoms with E-state index >= 15 is 0 Å². The van der Waals surface area contributed by atoms with Gasteiger partial charge in [0.1, 0.15) is 5.69 Å². The molecule has 0 aliphatic heterocycles. The molecule has 0 bridgehead atoms. The monoisotopic (exact) mass is 374 g/mol. The van der Waals surface area contributed by atoms with Gasteiger partial charge in [-0.2, -0.15) is 4.98 Å². The van der Waals surface area contributed by atoms with Gasteiger partial charge in [0.05, 0.1) is 4.92 Å². The average Bonchev–Trinajstić information content (AvgIpc) is 2.65. The molecule has 0 spiro atoms. The van der Waals surface area contributed by atoms with Gasteiger partial charge in [-0.3, -0.25) is 10.1 Å². The summed E-state index contributed by atoms with van der Waals surface area (Å²) in [6.07, 6.45) is 0.359. The van der Waals surface area contributed by atoms with Crippen molar-refractivity contribution in [2.45, 2.75) is 40.0 Å². The molecule has 2 N–H and O–H groups in total. The largest absolute Gasteiger partial charge is 0.448 e. The van der Waals surface area contributed by atoms with Crippen LogP contribution in [0, 0.1) is 17.0 Å². The van der Waals surface area contributed by atoms with Crippen molar-refractivity contribution in [3.05, 3.63) is 51.1 Å². The SMILES string of the molecule is CCc1cccc(C)c1CNc1cc(OC(C)OC)nc(NC)c1[N+](=O)[O-]. The highest BCUT2D eigenvalue weighted by Crippen LogP contribution is 2.35. The third-order valence-electron chi connectivity index (χ3n) is 4.35. The first-order chi connectivity index (χ1) is 12.9. The predicted octanol–water partition coefficient (Wildman–Crippen LogP) is 3.89. The van der Waals surface area contributed by atoms with Gasteiger partial charge in [0.15, 0.2) is 6.29 Å². The Balaban J connectivity index is 2.41. The lowest BCUT2D eigenvalue weighted by molar-refractivity contribution is -0.383. The number of ether oxygens (including phenoxy) is 2. The van der Waals surface area contributed by atoms with E-state index < -0.39 is 11.2 Å². The lowest BCUT2D eigenvalue weighted by atomic mass is 10.00. The van der Waals surface area contributed by atoms with E-state index in [9.17, 15) is 10.1 Å². The highest BCUT2D eigenvalue weighted by molar-refractivity contribution is 5.74. The second-order valence-corrected chi connectivity index (χ2v) is 6.05. The Hall–Kier alpha value is -2.87. The summed E-state index contributed by atoms with van der Waals surface area (Å²) in [5.74, 6) is 0.367. The summed E-state index contributed by atoms with van der Waals surface area (Å²) in [6, 6.07) is 7.64. The number of aromatic nitrogens is 1. The van der Waals surface area contributed by atoms with Gasteiger partial charge in [-0.25, -0.2) is 0 Å². The number of hydrogen-bond acceptors (Lipinski definition) is 7. The fourth-order valence-corrected chi connectivity index (χ4v) is 2.82. The normalized spacial score (nSPS) is 11.7. The summed E-state index contributed by atoms with van der Waals surface area (Å²) in [4.78, 5) is 15.3. The molecule has 2 aromatic rings. The third-order valence-corrected chi connectivity index (χ3v) is 4.35. The molecule has 1 unspecified atom stereocenters. The van der Waals surface area contributed by atoms with Gasteiger partial charge in [0.25, 0.3) is 0 Å². The number of benzene rings is 1. The van der Waals surface area contributed by atoms with Gasteiger partial charge in [-0.1, -0.05) is 25.1 Å². The van der Waals surface area contributed by atoms with E-state index in [4.69, 9.17) is 9.47 Å². The number of pyridine rings is 1. The number of aryl methyl sites for hydroxylation is 2. The van der Waals surface area contributed by atoms with Crippen molar-refractivity contribution in [3.63, 3.8) is 0 Å². The molecule has 1 heterocycles. The number of nitro groups is 1. The van der Waals surface area contributed by atoms with Crippen molar-refractivity contribution >= 4 is 17.2 Å². The molecule has 0 saturated heterocycles. The van der Waals surface area contributed by atoms with Crippen LogP contribution < -0.4 is 15.4 Å². The topological polar surface area (TPSA) is 98.5 Å². The van der Waals surface area contributed by atoms with Crippen LogP contribution in [0.3, 0.4) is 0 Å². The van der Waals surface area contributed by atoms with E-state index in [2.05, 4.69) is 28.6 Å². The third kappa shape index (κ3) is 4.85. The van der Waals surface area contributed by atoms with Crippen molar-refractivity contribution in [1.29, 1.82) is 0 Å². The Morgan fingerprint density at radius 2 is 2.11 bits per heavy atom. The highest BCUT2D eigenvalue weighted by atomic mass is 16.7. The minimum atomic E-state index is -0.528. The Morgan fingerprint density at radius 3 is 2.70 bits per heavy atom. The zero-order valence-electron chi connectivity index (χ0n) is 16.3. The van der Waals surface area contributed by atoms with Gasteiger partial charge < -0.3 is 20.1 Å². The van der Waals surface area contributed by atoms with Crippen LogP contribution in [0.15, 0.2) is 24.3 Å². The number of nitrogens with zero attached hydrogens (tertiary/aromatic N) is 2. The smallest absolute Gasteiger partial charge is 0.334 e. The van der Waals surface area contributed by atoms with Crippen molar-refractivity contribution in [3.8, 4) is 5.88 Å². The van der Waals surface area contributed by atoms with E-state index in [-0.39, 0.29) is 17.4 Å². The van der Waals surface area contributed by atoms with Gasteiger partial charge in [-0.15, -0.1) is 0 Å². The molecule has 2 rings (SSSR count). The summed E-state index contributed by atoms with van der Waals surface area (Å²) in [7, 11) is 3.10. The number of methoxy groups -OCH3 is 1. The van der Waals surface area contributed by atoms with Crippen LogP contribution >= 0.6 is 0 Å². The fraction of sp³-hybridized carbons (Fsp3) is 0.421. The maximum absolute atomic E-state index is 11.6. The van der Waals surface area contributed by atoms with E-state index in [1.807, 2.05) is 19.1 Å². The molecule has 146 valence electrons. The molecule has 0 aliphatic rings.